The Bertz CT molecular complexity index is 473. The number of benzene rings is 1. The Balaban J connectivity index is 2.19. The molecule has 19 heavy (non-hydrogen) atoms. The maximum Gasteiger partial charge on any atom is 0.248 e. The zero-order valence-electron chi connectivity index (χ0n) is 11.6. The largest absolute Gasteiger partial charge is 0.397 e. The van der Waals surface area contributed by atoms with E-state index in [1.165, 1.54) is 6.42 Å². The predicted octanol–water partition coefficient (Wildman–Crippen LogP) is 0.898. The number of nitrogen functional groups attached to an aromatic ring is 1. The highest BCUT2D eigenvalue weighted by molar-refractivity contribution is 5.94. The molecule has 5 nitrogen and oxygen atoms in total. The second-order valence-electron chi connectivity index (χ2n) is 5.34. The van der Waals surface area contributed by atoms with Crippen LogP contribution >= 0.6 is 0 Å². The molecule has 5 heteroatoms. The number of nitrogens with zero attached hydrogens (tertiary/aromatic N) is 2. The van der Waals surface area contributed by atoms with Gasteiger partial charge in [-0.3, -0.25) is 4.79 Å². The average Bonchev–Trinajstić information content (AvgIpc) is 2.38. The van der Waals surface area contributed by atoms with Gasteiger partial charge in [0.1, 0.15) is 0 Å². The molecule has 4 N–H and O–H groups in total. The summed E-state index contributed by atoms with van der Waals surface area (Å²) >= 11 is 0. The minimum Gasteiger partial charge on any atom is -0.397 e. The van der Waals surface area contributed by atoms with Crippen LogP contribution in [0.3, 0.4) is 0 Å². The number of hydrogen-bond donors (Lipinski definition) is 2. The number of carbonyl (C=O) groups is 1. The van der Waals surface area contributed by atoms with Crippen LogP contribution in [0, 0.1) is 0 Å². The lowest BCUT2D eigenvalue weighted by Crippen LogP contribution is -2.45. The molecule has 0 spiro atoms. The van der Waals surface area contributed by atoms with Crippen molar-refractivity contribution in [2.24, 2.45) is 5.73 Å². The van der Waals surface area contributed by atoms with Gasteiger partial charge in [-0.1, -0.05) is 0 Å². The highest BCUT2D eigenvalue weighted by atomic mass is 16.1. The van der Waals surface area contributed by atoms with Crippen molar-refractivity contribution in [3.8, 4) is 0 Å². The number of amides is 1. The van der Waals surface area contributed by atoms with Gasteiger partial charge in [-0.2, -0.15) is 0 Å². The third-order valence-electron chi connectivity index (χ3n) is 3.78. The first-order valence-corrected chi connectivity index (χ1v) is 6.59. The monoisotopic (exact) mass is 262 g/mol. The lowest BCUT2D eigenvalue weighted by molar-refractivity contribution is 0.100. The second kappa shape index (κ2) is 5.48. The third kappa shape index (κ3) is 2.98. The first-order valence-electron chi connectivity index (χ1n) is 6.59. The summed E-state index contributed by atoms with van der Waals surface area (Å²) in [5.41, 5.74) is 13.4. The molecule has 1 amide bonds. The molecule has 2 rings (SSSR count). The van der Waals surface area contributed by atoms with Crippen molar-refractivity contribution in [1.82, 2.24) is 4.90 Å². The molecule has 0 radical (unpaired) electrons. The van der Waals surface area contributed by atoms with Gasteiger partial charge in [0.15, 0.2) is 0 Å². The van der Waals surface area contributed by atoms with Crippen LogP contribution in [0.1, 0.15) is 23.2 Å². The van der Waals surface area contributed by atoms with E-state index in [2.05, 4.69) is 23.9 Å². The Hall–Kier alpha value is -1.75. The van der Waals surface area contributed by atoms with Gasteiger partial charge in [0, 0.05) is 24.7 Å². The summed E-state index contributed by atoms with van der Waals surface area (Å²) < 4.78 is 0. The number of primary amides is 1. The zero-order chi connectivity index (χ0) is 14.0. The van der Waals surface area contributed by atoms with E-state index < -0.39 is 5.91 Å². The summed E-state index contributed by atoms with van der Waals surface area (Å²) in [6.07, 6.45) is 2.36. The Morgan fingerprint density at radius 1 is 1.42 bits per heavy atom. The van der Waals surface area contributed by atoms with Crippen LogP contribution in [0.2, 0.25) is 0 Å². The quantitative estimate of drug-likeness (QED) is 0.794. The number of anilines is 2. The first kappa shape index (κ1) is 13.7. The van der Waals surface area contributed by atoms with Crippen molar-refractivity contribution in [3.05, 3.63) is 23.8 Å². The summed E-state index contributed by atoms with van der Waals surface area (Å²) in [4.78, 5) is 15.7. The molecule has 1 saturated heterocycles. The summed E-state index contributed by atoms with van der Waals surface area (Å²) in [6, 6.07) is 5.85. The predicted molar refractivity (Wildman–Crippen MR) is 78.3 cm³/mol. The maximum atomic E-state index is 11.1. The minimum atomic E-state index is -0.442. The molecule has 1 aliphatic heterocycles. The second-order valence-corrected chi connectivity index (χ2v) is 5.34. The third-order valence-corrected chi connectivity index (χ3v) is 3.78. The summed E-state index contributed by atoms with van der Waals surface area (Å²) in [7, 11) is 4.21. The number of piperidine rings is 1. The van der Waals surface area contributed by atoms with Gasteiger partial charge in [-0.15, -0.1) is 0 Å². The average molecular weight is 262 g/mol. The normalized spacial score (nSPS) is 19.7. The molecule has 0 aliphatic carbocycles. The molecule has 0 saturated carbocycles. The van der Waals surface area contributed by atoms with Gasteiger partial charge in [0.2, 0.25) is 5.91 Å². The molecule has 1 atom stereocenters. The van der Waals surface area contributed by atoms with Crippen molar-refractivity contribution in [2.75, 3.05) is 37.8 Å². The molecular formula is C14H22N4O. The minimum absolute atomic E-state index is 0.442. The van der Waals surface area contributed by atoms with Crippen molar-refractivity contribution in [1.29, 1.82) is 0 Å². The molecule has 1 heterocycles. The van der Waals surface area contributed by atoms with E-state index in [4.69, 9.17) is 11.5 Å². The van der Waals surface area contributed by atoms with E-state index in [-0.39, 0.29) is 0 Å². The Labute approximate surface area is 114 Å². The van der Waals surface area contributed by atoms with Gasteiger partial charge < -0.3 is 21.3 Å². The SMILES string of the molecule is CN(C)C1CCCN(c2ccc(C(N)=O)cc2N)C1. The number of rotatable bonds is 3. The fourth-order valence-corrected chi connectivity index (χ4v) is 2.59. The van der Waals surface area contributed by atoms with E-state index >= 15 is 0 Å². The van der Waals surface area contributed by atoms with Gasteiger partial charge in [0.05, 0.1) is 11.4 Å². The molecule has 104 valence electrons. The maximum absolute atomic E-state index is 11.1. The van der Waals surface area contributed by atoms with Crippen LogP contribution in [-0.2, 0) is 0 Å². The van der Waals surface area contributed by atoms with Crippen LogP contribution in [0.4, 0.5) is 11.4 Å². The summed E-state index contributed by atoms with van der Waals surface area (Å²) in [5.74, 6) is -0.442. The van der Waals surface area contributed by atoms with E-state index in [1.807, 2.05) is 6.07 Å². The Morgan fingerprint density at radius 3 is 2.74 bits per heavy atom. The number of hydrogen-bond acceptors (Lipinski definition) is 4. The van der Waals surface area contributed by atoms with Crippen LogP contribution in [0.25, 0.3) is 0 Å². The Morgan fingerprint density at radius 2 is 2.16 bits per heavy atom. The van der Waals surface area contributed by atoms with E-state index in [0.29, 0.717) is 17.3 Å². The van der Waals surface area contributed by atoms with Gasteiger partial charge in [0.25, 0.3) is 0 Å². The molecule has 1 aliphatic rings. The van der Waals surface area contributed by atoms with E-state index in [9.17, 15) is 4.79 Å². The topological polar surface area (TPSA) is 75.6 Å². The smallest absolute Gasteiger partial charge is 0.248 e. The van der Waals surface area contributed by atoms with E-state index in [1.54, 1.807) is 12.1 Å². The Kier molecular flexibility index (Phi) is 3.95. The molecule has 0 aromatic heterocycles. The highest BCUT2D eigenvalue weighted by Gasteiger charge is 2.22. The standard InChI is InChI=1S/C14H22N4O/c1-17(2)11-4-3-7-18(9-11)13-6-5-10(14(16)19)8-12(13)15/h5-6,8,11H,3-4,7,9,15H2,1-2H3,(H2,16,19). The number of nitrogens with two attached hydrogens (primary N) is 2. The molecule has 0 bridgehead atoms. The van der Waals surface area contributed by atoms with Crippen LogP contribution in [0.5, 0.6) is 0 Å². The molecular weight excluding hydrogens is 240 g/mol. The zero-order valence-corrected chi connectivity index (χ0v) is 11.6. The van der Waals surface area contributed by atoms with Gasteiger partial charge >= 0.3 is 0 Å². The van der Waals surface area contributed by atoms with Crippen LogP contribution < -0.4 is 16.4 Å². The van der Waals surface area contributed by atoms with Crippen molar-refractivity contribution in [2.45, 2.75) is 18.9 Å². The molecule has 1 aromatic rings. The molecule has 1 unspecified atom stereocenters. The number of likely N-dealkylation sites (N-methyl/N-ethyl adjacent to an activating group) is 1. The van der Waals surface area contributed by atoms with E-state index in [0.717, 1.165) is 25.2 Å². The van der Waals surface area contributed by atoms with Crippen LogP contribution in [-0.4, -0.2) is 44.0 Å². The highest BCUT2D eigenvalue weighted by Crippen LogP contribution is 2.28. The van der Waals surface area contributed by atoms with Gasteiger partial charge in [-0.25, -0.2) is 0 Å². The molecule has 1 fully saturated rings. The van der Waals surface area contributed by atoms with Crippen LogP contribution in [0.15, 0.2) is 18.2 Å². The number of carbonyl (C=O) groups excluding carboxylic acids is 1. The fraction of sp³-hybridized carbons (Fsp3) is 0.500. The molecule has 1 aromatic carbocycles. The summed E-state index contributed by atoms with van der Waals surface area (Å²) in [5, 5.41) is 0. The lowest BCUT2D eigenvalue weighted by Gasteiger charge is -2.38. The first-order chi connectivity index (χ1) is 8.99. The van der Waals surface area contributed by atoms with Crippen molar-refractivity contribution < 1.29 is 4.79 Å². The fourth-order valence-electron chi connectivity index (χ4n) is 2.59. The van der Waals surface area contributed by atoms with Gasteiger partial charge in [-0.05, 0) is 45.1 Å². The summed E-state index contributed by atoms with van der Waals surface area (Å²) in [6.45, 7) is 1.97. The van der Waals surface area contributed by atoms with Crippen molar-refractivity contribution >= 4 is 17.3 Å². The lowest BCUT2D eigenvalue weighted by atomic mass is 10.0. The van der Waals surface area contributed by atoms with Crippen molar-refractivity contribution in [3.63, 3.8) is 0 Å².